The van der Waals surface area contributed by atoms with Gasteiger partial charge >= 0.3 is 0 Å². The van der Waals surface area contributed by atoms with Crippen molar-refractivity contribution in [2.24, 2.45) is 0 Å². The van der Waals surface area contributed by atoms with Gasteiger partial charge in [-0.05, 0) is 61.2 Å². The lowest BCUT2D eigenvalue weighted by atomic mass is 10.1. The van der Waals surface area contributed by atoms with Crippen LogP contribution in [0.25, 0.3) is 10.2 Å². The lowest BCUT2D eigenvalue weighted by Gasteiger charge is -2.20. The Morgan fingerprint density at radius 3 is 2.39 bits per heavy atom. The van der Waals surface area contributed by atoms with E-state index in [0.29, 0.717) is 12.1 Å². The molecule has 140 valence electrons. The highest BCUT2D eigenvalue weighted by atomic mass is 32.1. The van der Waals surface area contributed by atoms with Crippen molar-refractivity contribution in [2.75, 3.05) is 4.90 Å². The minimum Gasteiger partial charge on any atom is -0.279 e. The molecule has 0 radical (unpaired) electrons. The number of rotatable bonds is 4. The van der Waals surface area contributed by atoms with Gasteiger partial charge in [0.2, 0.25) is 0 Å². The fourth-order valence-electron chi connectivity index (χ4n) is 3.21. The number of anilines is 1. The predicted octanol–water partition coefficient (Wildman–Crippen LogP) is 6.07. The topological polar surface area (TPSA) is 33.2 Å². The van der Waals surface area contributed by atoms with Gasteiger partial charge in [0.25, 0.3) is 5.91 Å². The number of fused-ring (bicyclic) bond motifs is 1. The molecular formula is C24H22N2OS. The summed E-state index contributed by atoms with van der Waals surface area (Å²) >= 11 is 1.56. The van der Waals surface area contributed by atoms with Gasteiger partial charge < -0.3 is 0 Å². The number of thiazole rings is 1. The number of carbonyl (C=O) groups excluding carboxylic acids is 1. The van der Waals surface area contributed by atoms with Crippen molar-refractivity contribution in [1.29, 1.82) is 0 Å². The Bertz CT molecular complexity index is 1150. The molecule has 28 heavy (non-hydrogen) atoms. The smallest absolute Gasteiger partial charge is 0.260 e. The number of hydrogen-bond donors (Lipinski definition) is 0. The molecule has 0 spiro atoms. The fourth-order valence-corrected chi connectivity index (χ4v) is 4.25. The molecule has 0 unspecified atom stereocenters. The third-order valence-corrected chi connectivity index (χ3v) is 6.07. The minimum absolute atomic E-state index is 0.0244. The maximum Gasteiger partial charge on any atom is 0.260 e. The SMILES string of the molecule is Cc1ccc(C(=O)N(Cc2ccccc2)c2nc3c(C)cccc3s2)cc1C. The number of benzene rings is 3. The van der Waals surface area contributed by atoms with Gasteiger partial charge in [0.05, 0.1) is 16.8 Å². The quantitative estimate of drug-likeness (QED) is 0.426. The first-order chi connectivity index (χ1) is 13.5. The molecule has 0 aliphatic rings. The average molecular weight is 387 g/mol. The normalized spacial score (nSPS) is 11.0. The van der Waals surface area contributed by atoms with Gasteiger partial charge in [-0.2, -0.15) is 0 Å². The van der Waals surface area contributed by atoms with Gasteiger partial charge in [0.1, 0.15) is 0 Å². The van der Waals surface area contributed by atoms with E-state index in [1.807, 2.05) is 61.5 Å². The Hall–Kier alpha value is -2.98. The summed E-state index contributed by atoms with van der Waals surface area (Å²) in [6.07, 6.45) is 0. The maximum atomic E-state index is 13.5. The summed E-state index contributed by atoms with van der Waals surface area (Å²) in [5.41, 5.74) is 6.16. The second kappa shape index (κ2) is 7.56. The van der Waals surface area contributed by atoms with Gasteiger partial charge in [0, 0.05) is 5.56 Å². The Morgan fingerprint density at radius 2 is 1.68 bits per heavy atom. The highest BCUT2D eigenvalue weighted by Crippen LogP contribution is 2.32. The predicted molar refractivity (Wildman–Crippen MR) is 117 cm³/mol. The first-order valence-corrected chi connectivity index (χ1v) is 10.1. The van der Waals surface area contributed by atoms with E-state index in [4.69, 9.17) is 4.98 Å². The van der Waals surface area contributed by atoms with Gasteiger partial charge in [-0.3, -0.25) is 9.69 Å². The van der Waals surface area contributed by atoms with Crippen molar-refractivity contribution in [3.05, 3.63) is 94.5 Å². The number of para-hydroxylation sites is 1. The molecule has 4 heteroatoms. The van der Waals surface area contributed by atoms with Crippen molar-refractivity contribution in [2.45, 2.75) is 27.3 Å². The van der Waals surface area contributed by atoms with Crippen LogP contribution in [0.2, 0.25) is 0 Å². The third-order valence-electron chi connectivity index (χ3n) is 5.02. The van der Waals surface area contributed by atoms with Gasteiger partial charge in [0.15, 0.2) is 5.13 Å². The van der Waals surface area contributed by atoms with Crippen molar-refractivity contribution < 1.29 is 4.79 Å². The highest BCUT2D eigenvalue weighted by molar-refractivity contribution is 7.22. The van der Waals surface area contributed by atoms with Crippen molar-refractivity contribution in [3.63, 3.8) is 0 Å². The summed E-state index contributed by atoms with van der Waals surface area (Å²) < 4.78 is 1.10. The molecular weight excluding hydrogens is 364 g/mol. The van der Waals surface area contributed by atoms with E-state index in [2.05, 4.69) is 26.0 Å². The van der Waals surface area contributed by atoms with Crippen LogP contribution < -0.4 is 4.90 Å². The number of carbonyl (C=O) groups is 1. The second-order valence-corrected chi connectivity index (χ2v) is 8.10. The standard InChI is InChI=1S/C24H22N2OS/c1-16-12-13-20(14-18(16)3)23(27)26(15-19-9-5-4-6-10-19)24-25-22-17(2)8-7-11-21(22)28-24/h4-14H,15H2,1-3H3. The number of aryl methyl sites for hydroxylation is 3. The lowest BCUT2D eigenvalue weighted by Crippen LogP contribution is -2.30. The Labute approximate surface area is 169 Å². The van der Waals surface area contributed by atoms with Crippen molar-refractivity contribution in [3.8, 4) is 0 Å². The largest absolute Gasteiger partial charge is 0.279 e. The van der Waals surface area contributed by atoms with Crippen LogP contribution in [-0.4, -0.2) is 10.9 Å². The molecule has 0 saturated carbocycles. The molecule has 0 aliphatic carbocycles. The maximum absolute atomic E-state index is 13.5. The average Bonchev–Trinajstić information content (AvgIpc) is 3.14. The van der Waals surface area contributed by atoms with Crippen LogP contribution in [0.3, 0.4) is 0 Å². The van der Waals surface area contributed by atoms with Crippen LogP contribution in [0.5, 0.6) is 0 Å². The van der Waals surface area contributed by atoms with Crippen molar-refractivity contribution >= 4 is 32.6 Å². The van der Waals surface area contributed by atoms with Crippen LogP contribution in [0.4, 0.5) is 5.13 Å². The van der Waals surface area contributed by atoms with E-state index in [1.54, 1.807) is 16.2 Å². The number of aromatic nitrogens is 1. The first-order valence-electron chi connectivity index (χ1n) is 9.32. The monoisotopic (exact) mass is 386 g/mol. The zero-order chi connectivity index (χ0) is 19.7. The first kappa shape index (κ1) is 18.4. The molecule has 4 rings (SSSR count). The van der Waals surface area contributed by atoms with E-state index in [-0.39, 0.29) is 5.91 Å². The molecule has 1 amide bonds. The van der Waals surface area contributed by atoms with E-state index < -0.39 is 0 Å². The Morgan fingerprint density at radius 1 is 0.893 bits per heavy atom. The minimum atomic E-state index is -0.0244. The summed E-state index contributed by atoms with van der Waals surface area (Å²) in [7, 11) is 0. The molecule has 0 atom stereocenters. The zero-order valence-corrected chi connectivity index (χ0v) is 17.1. The van der Waals surface area contributed by atoms with Crippen molar-refractivity contribution in [1.82, 2.24) is 4.98 Å². The van der Waals surface area contributed by atoms with E-state index in [0.717, 1.165) is 32.0 Å². The summed E-state index contributed by atoms with van der Waals surface area (Å²) in [6.45, 7) is 6.64. The van der Waals surface area contributed by atoms with Gasteiger partial charge in [-0.25, -0.2) is 4.98 Å². The molecule has 3 nitrogen and oxygen atoms in total. The number of hydrogen-bond acceptors (Lipinski definition) is 3. The summed E-state index contributed by atoms with van der Waals surface area (Å²) in [6, 6.07) is 22.1. The molecule has 1 aromatic heterocycles. The van der Waals surface area contributed by atoms with Crippen LogP contribution >= 0.6 is 11.3 Å². The molecule has 3 aromatic carbocycles. The third kappa shape index (κ3) is 3.56. The van der Waals surface area contributed by atoms with Crippen LogP contribution in [0.1, 0.15) is 32.6 Å². The van der Waals surface area contributed by atoms with E-state index in [1.165, 1.54) is 5.56 Å². The second-order valence-electron chi connectivity index (χ2n) is 7.09. The number of nitrogens with zero attached hydrogens (tertiary/aromatic N) is 2. The highest BCUT2D eigenvalue weighted by Gasteiger charge is 2.22. The van der Waals surface area contributed by atoms with Crippen LogP contribution in [-0.2, 0) is 6.54 Å². The van der Waals surface area contributed by atoms with Gasteiger partial charge in [-0.15, -0.1) is 0 Å². The Balaban J connectivity index is 1.79. The van der Waals surface area contributed by atoms with E-state index >= 15 is 0 Å². The number of amides is 1. The fraction of sp³-hybridized carbons (Fsp3) is 0.167. The summed E-state index contributed by atoms with van der Waals surface area (Å²) in [4.78, 5) is 20.1. The summed E-state index contributed by atoms with van der Waals surface area (Å²) in [5.74, 6) is -0.0244. The van der Waals surface area contributed by atoms with Crippen LogP contribution in [0, 0.1) is 20.8 Å². The molecule has 0 saturated heterocycles. The molecule has 0 N–H and O–H groups in total. The Kier molecular flexibility index (Phi) is 4.97. The van der Waals surface area contributed by atoms with Gasteiger partial charge in [-0.1, -0.05) is 59.9 Å². The lowest BCUT2D eigenvalue weighted by molar-refractivity contribution is 0.0985. The molecule has 0 aliphatic heterocycles. The molecule has 0 fully saturated rings. The van der Waals surface area contributed by atoms with Crippen LogP contribution in [0.15, 0.2) is 66.7 Å². The summed E-state index contributed by atoms with van der Waals surface area (Å²) in [5, 5.41) is 0.733. The van der Waals surface area contributed by atoms with E-state index in [9.17, 15) is 4.79 Å². The molecule has 0 bridgehead atoms. The zero-order valence-electron chi connectivity index (χ0n) is 16.3. The molecule has 4 aromatic rings. The molecule has 1 heterocycles.